The molecule has 2 fully saturated rings. The van der Waals surface area contributed by atoms with E-state index in [0.717, 1.165) is 31.2 Å². The maximum atomic E-state index is 9.10. The minimum Gasteiger partial charge on any atom is -0.298 e. The Hall–Kier alpha value is -1.44. The van der Waals surface area contributed by atoms with Crippen molar-refractivity contribution in [3.8, 4) is 6.07 Å². The van der Waals surface area contributed by atoms with Crippen LogP contribution in [0.3, 0.4) is 0 Å². The van der Waals surface area contributed by atoms with Gasteiger partial charge in [0.05, 0.1) is 0 Å². The Labute approximate surface area is 114 Å². The molecule has 2 aliphatic heterocycles. The number of nitrogens with zero attached hydrogens (tertiary/aromatic N) is 4. The first-order valence-corrected chi connectivity index (χ1v) is 7.17. The number of pyridine rings is 1. The van der Waals surface area contributed by atoms with Crippen LogP contribution in [0.1, 0.15) is 30.5 Å². The number of aromatic nitrogens is 1. The number of hydrogen-bond acceptors (Lipinski definition) is 4. The summed E-state index contributed by atoms with van der Waals surface area (Å²) in [6, 6.07) is 6.87. The van der Waals surface area contributed by atoms with E-state index in [4.69, 9.17) is 5.26 Å². The summed E-state index contributed by atoms with van der Waals surface area (Å²) < 4.78 is 0. The normalized spacial score (nSPS) is 24.7. The van der Waals surface area contributed by atoms with E-state index < -0.39 is 0 Å². The Morgan fingerprint density at radius 1 is 1.32 bits per heavy atom. The third-order valence-corrected chi connectivity index (χ3v) is 4.31. The van der Waals surface area contributed by atoms with Crippen molar-refractivity contribution < 1.29 is 0 Å². The number of hydrogen-bond donors (Lipinski definition) is 0. The lowest BCUT2D eigenvalue weighted by atomic mass is 9.99. The van der Waals surface area contributed by atoms with Gasteiger partial charge in [-0.2, -0.15) is 5.26 Å². The van der Waals surface area contributed by atoms with Gasteiger partial charge in [0.1, 0.15) is 11.8 Å². The molecule has 100 valence electrons. The van der Waals surface area contributed by atoms with E-state index in [1.165, 1.54) is 32.4 Å². The number of piperidine rings is 1. The molecule has 4 nitrogen and oxygen atoms in total. The topological polar surface area (TPSA) is 43.2 Å². The highest BCUT2D eigenvalue weighted by molar-refractivity contribution is 5.30. The van der Waals surface area contributed by atoms with Crippen LogP contribution < -0.4 is 0 Å². The summed E-state index contributed by atoms with van der Waals surface area (Å²) in [6.07, 6.45) is 5.75. The Balaban J connectivity index is 1.66. The smallest absolute Gasteiger partial charge is 0.144 e. The van der Waals surface area contributed by atoms with Gasteiger partial charge in [0, 0.05) is 44.0 Å². The van der Waals surface area contributed by atoms with Crippen LogP contribution in [0.25, 0.3) is 0 Å². The molecular formula is C15H20N4. The third-order valence-electron chi connectivity index (χ3n) is 4.31. The molecule has 19 heavy (non-hydrogen) atoms. The second-order valence-electron chi connectivity index (χ2n) is 5.54. The van der Waals surface area contributed by atoms with Gasteiger partial charge >= 0.3 is 0 Å². The predicted molar refractivity (Wildman–Crippen MR) is 73.4 cm³/mol. The van der Waals surface area contributed by atoms with Crippen LogP contribution in [0.2, 0.25) is 0 Å². The van der Waals surface area contributed by atoms with Crippen molar-refractivity contribution in [2.45, 2.75) is 31.8 Å². The largest absolute Gasteiger partial charge is 0.298 e. The van der Waals surface area contributed by atoms with Crippen LogP contribution in [0.4, 0.5) is 0 Å². The lowest BCUT2D eigenvalue weighted by Gasteiger charge is -2.44. The first kappa shape index (κ1) is 12.6. The fourth-order valence-corrected chi connectivity index (χ4v) is 3.27. The van der Waals surface area contributed by atoms with Gasteiger partial charge in [-0.1, -0.05) is 12.5 Å². The van der Waals surface area contributed by atoms with Gasteiger partial charge in [0.25, 0.3) is 0 Å². The fraction of sp³-hybridized carbons (Fsp3) is 0.600. The van der Waals surface area contributed by atoms with Crippen molar-refractivity contribution >= 4 is 0 Å². The monoisotopic (exact) mass is 256 g/mol. The summed E-state index contributed by atoms with van der Waals surface area (Å²) in [5, 5.41) is 9.10. The first-order valence-electron chi connectivity index (χ1n) is 7.17. The SMILES string of the molecule is N#Cc1ncccc1CN1CCN2CCCCC2C1. The average Bonchev–Trinajstić information content (AvgIpc) is 2.48. The number of piperazine rings is 1. The lowest BCUT2D eigenvalue weighted by Crippen LogP contribution is -2.54. The zero-order valence-electron chi connectivity index (χ0n) is 11.3. The van der Waals surface area contributed by atoms with Crippen LogP contribution in [0.5, 0.6) is 0 Å². The average molecular weight is 256 g/mol. The summed E-state index contributed by atoms with van der Waals surface area (Å²) in [7, 11) is 0. The van der Waals surface area contributed by atoms with Gasteiger partial charge in [0.2, 0.25) is 0 Å². The van der Waals surface area contributed by atoms with Crippen molar-refractivity contribution in [3.05, 3.63) is 29.6 Å². The van der Waals surface area contributed by atoms with Gasteiger partial charge in [-0.25, -0.2) is 4.98 Å². The van der Waals surface area contributed by atoms with E-state index in [2.05, 4.69) is 20.9 Å². The van der Waals surface area contributed by atoms with Crippen LogP contribution in [0, 0.1) is 11.3 Å². The highest BCUT2D eigenvalue weighted by Gasteiger charge is 2.28. The Bertz CT molecular complexity index is 479. The first-order chi connectivity index (χ1) is 9.36. The molecule has 2 aliphatic rings. The molecule has 0 radical (unpaired) electrons. The molecule has 0 N–H and O–H groups in total. The Kier molecular flexibility index (Phi) is 3.77. The highest BCUT2D eigenvalue weighted by Crippen LogP contribution is 2.22. The maximum absolute atomic E-state index is 9.10. The quantitative estimate of drug-likeness (QED) is 0.806. The van der Waals surface area contributed by atoms with Crippen LogP contribution in [-0.2, 0) is 6.54 Å². The molecule has 2 saturated heterocycles. The summed E-state index contributed by atoms with van der Waals surface area (Å²) >= 11 is 0. The molecule has 3 rings (SSSR count). The van der Waals surface area contributed by atoms with Gasteiger partial charge in [-0.3, -0.25) is 9.80 Å². The van der Waals surface area contributed by atoms with Gasteiger partial charge < -0.3 is 0 Å². The van der Waals surface area contributed by atoms with Crippen molar-refractivity contribution in [2.75, 3.05) is 26.2 Å². The molecule has 0 spiro atoms. The van der Waals surface area contributed by atoms with Crippen molar-refractivity contribution in [1.29, 1.82) is 5.26 Å². The van der Waals surface area contributed by atoms with E-state index in [0.29, 0.717) is 5.69 Å². The standard InChI is InChI=1S/C15H20N4/c16-10-15-13(4-3-6-17-15)11-18-8-9-19-7-2-1-5-14(19)12-18/h3-4,6,14H,1-2,5,7-9,11-12H2. The lowest BCUT2D eigenvalue weighted by molar-refractivity contribution is 0.0456. The number of nitriles is 1. The fourth-order valence-electron chi connectivity index (χ4n) is 3.27. The zero-order chi connectivity index (χ0) is 13.1. The minimum absolute atomic E-state index is 0.577. The molecule has 1 atom stereocenters. The summed E-state index contributed by atoms with van der Waals surface area (Å²) in [5.41, 5.74) is 1.64. The highest BCUT2D eigenvalue weighted by atomic mass is 15.3. The van der Waals surface area contributed by atoms with Crippen molar-refractivity contribution in [2.24, 2.45) is 0 Å². The minimum atomic E-state index is 0.577. The number of rotatable bonds is 2. The van der Waals surface area contributed by atoms with E-state index in [9.17, 15) is 0 Å². The second-order valence-corrected chi connectivity index (χ2v) is 5.54. The van der Waals surface area contributed by atoms with E-state index in [1.54, 1.807) is 6.20 Å². The van der Waals surface area contributed by atoms with Crippen molar-refractivity contribution in [3.63, 3.8) is 0 Å². The van der Waals surface area contributed by atoms with Gasteiger partial charge in [0.15, 0.2) is 0 Å². The second kappa shape index (κ2) is 5.68. The molecule has 1 unspecified atom stereocenters. The Morgan fingerprint density at radius 3 is 3.16 bits per heavy atom. The van der Waals surface area contributed by atoms with E-state index in [1.807, 2.05) is 12.1 Å². The summed E-state index contributed by atoms with van der Waals surface area (Å²) in [6.45, 7) is 5.55. The molecule has 0 aliphatic carbocycles. The molecule has 1 aromatic rings. The molecule has 0 saturated carbocycles. The Morgan fingerprint density at radius 2 is 2.26 bits per heavy atom. The molecular weight excluding hydrogens is 236 g/mol. The molecule has 0 bridgehead atoms. The van der Waals surface area contributed by atoms with Gasteiger partial charge in [-0.15, -0.1) is 0 Å². The molecule has 4 heteroatoms. The molecule has 0 amide bonds. The third kappa shape index (κ3) is 2.78. The predicted octanol–water partition coefficient (Wildman–Crippen LogP) is 1.62. The summed E-state index contributed by atoms with van der Waals surface area (Å²) in [5.74, 6) is 0. The molecule has 0 aromatic carbocycles. The summed E-state index contributed by atoms with van der Waals surface area (Å²) in [4.78, 5) is 9.26. The zero-order valence-corrected chi connectivity index (χ0v) is 11.3. The number of fused-ring (bicyclic) bond motifs is 1. The van der Waals surface area contributed by atoms with Crippen LogP contribution >= 0.6 is 0 Å². The molecule has 3 heterocycles. The van der Waals surface area contributed by atoms with Gasteiger partial charge in [-0.05, 0) is 25.5 Å². The van der Waals surface area contributed by atoms with Crippen LogP contribution in [-0.4, -0.2) is 47.0 Å². The molecule has 1 aromatic heterocycles. The van der Waals surface area contributed by atoms with Crippen molar-refractivity contribution in [1.82, 2.24) is 14.8 Å². The van der Waals surface area contributed by atoms with E-state index >= 15 is 0 Å². The van der Waals surface area contributed by atoms with Crippen LogP contribution in [0.15, 0.2) is 18.3 Å². The van der Waals surface area contributed by atoms with E-state index in [-0.39, 0.29) is 0 Å². The maximum Gasteiger partial charge on any atom is 0.144 e.